The van der Waals surface area contributed by atoms with E-state index >= 15 is 0 Å². The molecular formula is C15H17N3O5S. The normalized spacial score (nSPS) is 29.6. The fourth-order valence-corrected chi connectivity index (χ4v) is 3.75. The highest BCUT2D eigenvalue weighted by Crippen LogP contribution is 2.42. The van der Waals surface area contributed by atoms with Crippen molar-refractivity contribution < 1.29 is 24.2 Å². The van der Waals surface area contributed by atoms with Gasteiger partial charge in [0.05, 0.1) is 12.2 Å². The second-order valence-electron chi connectivity index (χ2n) is 6.61. The summed E-state index contributed by atoms with van der Waals surface area (Å²) in [7, 11) is 0. The molecule has 2 fully saturated rings. The van der Waals surface area contributed by atoms with Crippen LogP contribution in [0.2, 0.25) is 0 Å². The largest absolute Gasteiger partial charge is 0.503 e. The maximum Gasteiger partial charge on any atom is 0.296 e. The molecule has 1 saturated heterocycles. The minimum Gasteiger partial charge on any atom is -0.503 e. The number of ether oxygens (including phenoxy) is 2. The van der Waals surface area contributed by atoms with E-state index in [0.717, 1.165) is 24.2 Å². The zero-order valence-electron chi connectivity index (χ0n) is 13.3. The first-order chi connectivity index (χ1) is 11.4. The molecular weight excluding hydrogens is 334 g/mol. The number of hydrogen-bond donors (Lipinski definition) is 1. The summed E-state index contributed by atoms with van der Waals surface area (Å²) in [5, 5.41) is 18.4. The van der Waals surface area contributed by atoms with Crippen LogP contribution in [0, 0.1) is 5.92 Å². The van der Waals surface area contributed by atoms with Crippen LogP contribution in [-0.2, 0) is 19.1 Å². The van der Waals surface area contributed by atoms with E-state index in [2.05, 4.69) is 10.2 Å². The number of hydrogen-bond acceptors (Lipinski definition) is 8. The molecule has 4 rings (SSSR count). The number of ketones is 1. The van der Waals surface area contributed by atoms with Gasteiger partial charge in [-0.15, -0.1) is 10.2 Å². The van der Waals surface area contributed by atoms with Crippen LogP contribution in [-0.4, -0.2) is 51.5 Å². The topological polar surface area (TPSA) is 102 Å². The lowest BCUT2D eigenvalue weighted by Gasteiger charge is -2.28. The molecule has 3 aliphatic rings. The summed E-state index contributed by atoms with van der Waals surface area (Å²) in [5.41, 5.74) is 1.61. The van der Waals surface area contributed by atoms with Crippen molar-refractivity contribution in [3.8, 4) is 0 Å². The Bertz CT molecular complexity index is 725. The van der Waals surface area contributed by atoms with Crippen LogP contribution < -0.4 is 4.90 Å². The average Bonchev–Trinajstić information content (AvgIpc) is 3.03. The van der Waals surface area contributed by atoms with Crippen molar-refractivity contribution in [2.75, 3.05) is 11.5 Å². The molecule has 2 aliphatic heterocycles. The summed E-state index contributed by atoms with van der Waals surface area (Å²) in [6.45, 7) is 3.75. The Morgan fingerprint density at radius 3 is 2.75 bits per heavy atom. The summed E-state index contributed by atoms with van der Waals surface area (Å²) >= 11 is 1.16. The molecule has 1 amide bonds. The van der Waals surface area contributed by atoms with Crippen LogP contribution in [0.5, 0.6) is 0 Å². The number of aromatic nitrogens is 2. The zero-order valence-corrected chi connectivity index (χ0v) is 14.1. The van der Waals surface area contributed by atoms with E-state index in [1.165, 1.54) is 10.4 Å². The second-order valence-corrected chi connectivity index (χ2v) is 7.42. The number of amides is 1. The van der Waals surface area contributed by atoms with Gasteiger partial charge in [0.15, 0.2) is 17.3 Å². The monoisotopic (exact) mass is 351 g/mol. The summed E-state index contributed by atoms with van der Waals surface area (Å²) in [5.74, 6) is -2.28. The number of Topliss-reactive ketones (excluding diaryl/α,β-unsaturated/α-hetero) is 1. The van der Waals surface area contributed by atoms with E-state index in [-0.39, 0.29) is 23.9 Å². The van der Waals surface area contributed by atoms with Gasteiger partial charge in [0.2, 0.25) is 5.13 Å². The van der Waals surface area contributed by atoms with E-state index in [1.54, 1.807) is 13.8 Å². The van der Waals surface area contributed by atoms with Crippen molar-refractivity contribution in [3.63, 3.8) is 0 Å². The first-order valence-corrected chi connectivity index (χ1v) is 8.66. The van der Waals surface area contributed by atoms with Gasteiger partial charge in [0.1, 0.15) is 17.7 Å². The number of aliphatic hydroxyl groups is 1. The number of anilines is 1. The SMILES string of the molecule is CC1(C)OCC(C2C(C(=O)C3CC3)=C(O)C(=O)N2c2nncs2)O1. The summed E-state index contributed by atoms with van der Waals surface area (Å²) < 4.78 is 11.5. The van der Waals surface area contributed by atoms with Gasteiger partial charge in [-0.3, -0.25) is 14.5 Å². The summed E-state index contributed by atoms with van der Waals surface area (Å²) in [6.07, 6.45) is 1.00. The third-order valence-corrected chi connectivity index (χ3v) is 5.09. The fourth-order valence-electron chi connectivity index (χ4n) is 3.15. The lowest BCUT2D eigenvalue weighted by Crippen LogP contribution is -2.46. The lowest BCUT2D eigenvalue weighted by atomic mass is 9.96. The van der Waals surface area contributed by atoms with Gasteiger partial charge in [-0.2, -0.15) is 0 Å². The van der Waals surface area contributed by atoms with Crippen molar-refractivity contribution in [1.29, 1.82) is 0 Å². The van der Waals surface area contributed by atoms with Gasteiger partial charge in [0.25, 0.3) is 5.91 Å². The molecule has 3 heterocycles. The van der Waals surface area contributed by atoms with Crippen LogP contribution in [0.1, 0.15) is 26.7 Å². The predicted molar refractivity (Wildman–Crippen MR) is 83.5 cm³/mol. The van der Waals surface area contributed by atoms with E-state index in [1.807, 2.05) is 0 Å². The van der Waals surface area contributed by atoms with Crippen molar-refractivity contribution >= 4 is 28.2 Å². The van der Waals surface area contributed by atoms with Crippen molar-refractivity contribution in [1.82, 2.24) is 10.2 Å². The van der Waals surface area contributed by atoms with Crippen molar-refractivity contribution in [2.45, 2.75) is 44.6 Å². The molecule has 2 atom stereocenters. The minimum absolute atomic E-state index is 0.115. The summed E-state index contributed by atoms with van der Waals surface area (Å²) in [6, 6.07) is -0.750. The first-order valence-electron chi connectivity index (χ1n) is 7.78. The third kappa shape index (κ3) is 2.43. The number of nitrogens with zero attached hydrogens (tertiary/aromatic N) is 3. The maximum absolute atomic E-state index is 12.7. The average molecular weight is 351 g/mol. The quantitative estimate of drug-likeness (QED) is 0.869. The molecule has 128 valence electrons. The minimum atomic E-state index is -0.813. The third-order valence-electron chi connectivity index (χ3n) is 4.40. The van der Waals surface area contributed by atoms with Gasteiger partial charge < -0.3 is 14.6 Å². The number of rotatable bonds is 4. The van der Waals surface area contributed by atoms with Gasteiger partial charge in [-0.25, -0.2) is 0 Å². The highest BCUT2D eigenvalue weighted by Gasteiger charge is 2.53. The molecule has 8 nitrogen and oxygen atoms in total. The van der Waals surface area contributed by atoms with Crippen LogP contribution >= 0.6 is 11.3 Å². The molecule has 0 bridgehead atoms. The van der Waals surface area contributed by atoms with E-state index in [9.17, 15) is 14.7 Å². The Morgan fingerprint density at radius 2 is 2.21 bits per heavy atom. The molecule has 9 heteroatoms. The Morgan fingerprint density at radius 1 is 1.46 bits per heavy atom. The molecule has 1 aromatic heterocycles. The van der Waals surface area contributed by atoms with Crippen molar-refractivity contribution in [2.24, 2.45) is 5.92 Å². The Balaban J connectivity index is 1.75. The fraction of sp³-hybridized carbons (Fsp3) is 0.600. The lowest BCUT2D eigenvalue weighted by molar-refractivity contribution is -0.140. The Hall–Kier alpha value is -1.84. The van der Waals surface area contributed by atoms with Gasteiger partial charge in [0, 0.05) is 5.92 Å². The Labute approximate surface area is 142 Å². The molecule has 2 unspecified atom stereocenters. The maximum atomic E-state index is 12.7. The molecule has 0 spiro atoms. The highest BCUT2D eigenvalue weighted by molar-refractivity contribution is 7.13. The Kier molecular flexibility index (Phi) is 3.48. The van der Waals surface area contributed by atoms with E-state index < -0.39 is 29.6 Å². The smallest absolute Gasteiger partial charge is 0.296 e. The molecule has 0 aromatic carbocycles. The second kappa shape index (κ2) is 5.33. The standard InChI is InChI=1S/C15H17N3O5S/c1-15(2)22-5-8(23-15)10-9(11(19)7-3-4-7)12(20)13(21)18(10)14-17-16-6-24-14/h6-8,10,20H,3-5H2,1-2H3. The zero-order chi connectivity index (χ0) is 17.1. The molecule has 0 radical (unpaired) electrons. The predicted octanol–water partition coefficient (Wildman–Crippen LogP) is 1.20. The molecule has 1 N–H and O–H groups in total. The van der Waals surface area contributed by atoms with Gasteiger partial charge in [-0.1, -0.05) is 11.3 Å². The van der Waals surface area contributed by atoms with Crippen LogP contribution in [0.3, 0.4) is 0 Å². The highest BCUT2D eigenvalue weighted by atomic mass is 32.1. The first kappa shape index (κ1) is 15.7. The van der Waals surface area contributed by atoms with Crippen LogP contribution in [0.15, 0.2) is 16.8 Å². The van der Waals surface area contributed by atoms with Crippen LogP contribution in [0.4, 0.5) is 5.13 Å². The number of aliphatic hydroxyl groups excluding tert-OH is 1. The molecule has 24 heavy (non-hydrogen) atoms. The van der Waals surface area contributed by atoms with Gasteiger partial charge >= 0.3 is 0 Å². The van der Waals surface area contributed by atoms with E-state index in [0.29, 0.717) is 5.13 Å². The molecule has 1 aromatic rings. The van der Waals surface area contributed by atoms with Gasteiger partial charge in [-0.05, 0) is 26.7 Å². The molecule has 1 saturated carbocycles. The number of carbonyl (C=O) groups is 2. The number of carbonyl (C=O) groups excluding carboxylic acids is 2. The molecule has 1 aliphatic carbocycles. The van der Waals surface area contributed by atoms with E-state index in [4.69, 9.17) is 9.47 Å². The summed E-state index contributed by atoms with van der Waals surface area (Å²) in [4.78, 5) is 26.6. The van der Waals surface area contributed by atoms with Crippen molar-refractivity contribution in [3.05, 3.63) is 16.8 Å². The van der Waals surface area contributed by atoms with Crippen LogP contribution in [0.25, 0.3) is 0 Å².